The fourth-order valence-corrected chi connectivity index (χ4v) is 3.52. The first-order valence-corrected chi connectivity index (χ1v) is 8.42. The van der Waals surface area contributed by atoms with Crippen molar-refractivity contribution in [3.8, 4) is 5.75 Å². The second-order valence-electron chi connectivity index (χ2n) is 5.02. The second-order valence-corrected chi connectivity index (χ2v) is 6.68. The standard InChI is InChI=1S/C15H14N4O4S/c1-9(20)10-6-7-13(23-2)14(8-10)24(21,22)18-12-5-3-4-11-15(12)17-19-16-11/h3-8,18H,1-2H3,(H,16,17,19). The Balaban J connectivity index is 2.09. The molecule has 9 heteroatoms. The molecule has 1 heterocycles. The Morgan fingerprint density at radius 1 is 1.21 bits per heavy atom. The maximum Gasteiger partial charge on any atom is 0.265 e. The highest BCUT2D eigenvalue weighted by atomic mass is 32.2. The fraction of sp³-hybridized carbons (Fsp3) is 0.133. The largest absolute Gasteiger partial charge is 0.495 e. The van der Waals surface area contributed by atoms with E-state index in [1.165, 1.54) is 32.2 Å². The Morgan fingerprint density at radius 2 is 2.00 bits per heavy atom. The van der Waals surface area contributed by atoms with Crippen molar-refractivity contribution in [2.75, 3.05) is 11.8 Å². The summed E-state index contributed by atoms with van der Waals surface area (Å²) in [5, 5.41) is 10.3. The van der Waals surface area contributed by atoms with Gasteiger partial charge in [0.05, 0.1) is 12.8 Å². The van der Waals surface area contributed by atoms with Crippen LogP contribution in [-0.2, 0) is 10.0 Å². The van der Waals surface area contributed by atoms with E-state index in [0.29, 0.717) is 11.0 Å². The van der Waals surface area contributed by atoms with Crippen molar-refractivity contribution in [1.29, 1.82) is 0 Å². The summed E-state index contributed by atoms with van der Waals surface area (Å²) in [4.78, 5) is 11.4. The third-order valence-corrected chi connectivity index (χ3v) is 4.84. The van der Waals surface area contributed by atoms with Crippen molar-refractivity contribution in [3.63, 3.8) is 0 Å². The number of aromatic amines is 1. The minimum absolute atomic E-state index is 0.127. The van der Waals surface area contributed by atoms with Crippen molar-refractivity contribution >= 4 is 32.5 Å². The molecule has 1 aromatic heterocycles. The van der Waals surface area contributed by atoms with Crippen molar-refractivity contribution < 1.29 is 17.9 Å². The molecular formula is C15H14N4O4S. The van der Waals surface area contributed by atoms with Crippen LogP contribution < -0.4 is 9.46 Å². The summed E-state index contributed by atoms with van der Waals surface area (Å²) in [5.41, 5.74) is 1.47. The first kappa shape index (κ1) is 15.9. The van der Waals surface area contributed by atoms with E-state index in [-0.39, 0.29) is 27.7 Å². The Bertz CT molecular complexity index is 1030. The number of ether oxygens (including phenoxy) is 1. The number of hydrogen-bond donors (Lipinski definition) is 2. The van der Waals surface area contributed by atoms with Crippen LogP contribution in [0.5, 0.6) is 5.75 Å². The molecule has 0 amide bonds. The number of methoxy groups -OCH3 is 1. The molecule has 0 aliphatic rings. The van der Waals surface area contributed by atoms with Gasteiger partial charge in [-0.15, -0.1) is 0 Å². The molecule has 0 bridgehead atoms. The molecule has 0 atom stereocenters. The zero-order valence-corrected chi connectivity index (χ0v) is 13.7. The van der Waals surface area contributed by atoms with Gasteiger partial charge in [-0.1, -0.05) is 6.07 Å². The van der Waals surface area contributed by atoms with Gasteiger partial charge in [0.15, 0.2) is 5.78 Å². The Labute approximate surface area is 137 Å². The summed E-state index contributed by atoms with van der Waals surface area (Å²) >= 11 is 0. The number of rotatable bonds is 5. The Hall–Kier alpha value is -2.94. The van der Waals surface area contributed by atoms with Gasteiger partial charge in [0.25, 0.3) is 10.0 Å². The topological polar surface area (TPSA) is 114 Å². The molecule has 3 aromatic rings. The van der Waals surface area contributed by atoms with Gasteiger partial charge in [0.1, 0.15) is 21.7 Å². The molecule has 3 rings (SSSR count). The Morgan fingerprint density at radius 3 is 2.71 bits per heavy atom. The minimum atomic E-state index is -3.99. The molecule has 0 spiro atoms. The molecule has 0 unspecified atom stereocenters. The zero-order valence-electron chi connectivity index (χ0n) is 12.9. The van der Waals surface area contributed by atoms with Crippen LogP contribution >= 0.6 is 0 Å². The average Bonchev–Trinajstić information content (AvgIpc) is 3.03. The molecule has 0 fully saturated rings. The zero-order chi connectivity index (χ0) is 17.3. The maximum atomic E-state index is 12.8. The predicted octanol–water partition coefficient (Wildman–Crippen LogP) is 1.97. The molecule has 2 N–H and O–H groups in total. The Kier molecular flexibility index (Phi) is 3.94. The highest BCUT2D eigenvalue weighted by molar-refractivity contribution is 7.92. The number of carbonyl (C=O) groups is 1. The van der Waals surface area contributed by atoms with E-state index in [2.05, 4.69) is 20.1 Å². The van der Waals surface area contributed by atoms with Crippen molar-refractivity contribution in [1.82, 2.24) is 15.4 Å². The normalized spacial score (nSPS) is 11.4. The lowest BCUT2D eigenvalue weighted by Gasteiger charge is -2.12. The van der Waals surface area contributed by atoms with Crippen molar-refractivity contribution in [2.45, 2.75) is 11.8 Å². The van der Waals surface area contributed by atoms with Crippen LogP contribution in [-0.4, -0.2) is 36.7 Å². The van der Waals surface area contributed by atoms with Crippen LogP contribution in [0.25, 0.3) is 11.0 Å². The van der Waals surface area contributed by atoms with E-state index in [1.54, 1.807) is 18.2 Å². The number of nitrogens with zero attached hydrogens (tertiary/aromatic N) is 2. The van der Waals surface area contributed by atoms with Gasteiger partial charge in [0.2, 0.25) is 0 Å². The number of Topliss-reactive ketones (excluding diaryl/α,β-unsaturated/α-hetero) is 1. The van der Waals surface area contributed by atoms with Crippen molar-refractivity contribution in [2.24, 2.45) is 0 Å². The number of aromatic nitrogens is 3. The third-order valence-electron chi connectivity index (χ3n) is 3.45. The van der Waals surface area contributed by atoms with Gasteiger partial charge in [-0.05, 0) is 37.3 Å². The summed E-state index contributed by atoms with van der Waals surface area (Å²) in [6.07, 6.45) is 0. The van der Waals surface area contributed by atoms with Crippen molar-refractivity contribution in [3.05, 3.63) is 42.0 Å². The summed E-state index contributed by atoms with van der Waals surface area (Å²) in [6.45, 7) is 1.36. The first-order valence-electron chi connectivity index (χ1n) is 6.93. The number of anilines is 1. The van der Waals surface area contributed by atoms with E-state index in [9.17, 15) is 13.2 Å². The number of para-hydroxylation sites is 1. The lowest BCUT2D eigenvalue weighted by atomic mass is 10.1. The summed E-state index contributed by atoms with van der Waals surface area (Å²) in [6, 6.07) is 9.18. The fourth-order valence-electron chi connectivity index (χ4n) is 2.26. The predicted molar refractivity (Wildman–Crippen MR) is 87.7 cm³/mol. The monoisotopic (exact) mass is 346 g/mol. The van der Waals surface area contributed by atoms with Crippen LogP contribution in [0, 0.1) is 0 Å². The van der Waals surface area contributed by atoms with Gasteiger partial charge < -0.3 is 4.74 Å². The molecule has 124 valence electrons. The smallest absolute Gasteiger partial charge is 0.265 e. The highest BCUT2D eigenvalue weighted by Crippen LogP contribution is 2.29. The van der Waals surface area contributed by atoms with E-state index in [1.807, 2.05) is 0 Å². The van der Waals surface area contributed by atoms with E-state index in [0.717, 1.165) is 0 Å². The SMILES string of the molecule is COc1ccc(C(C)=O)cc1S(=O)(=O)Nc1cccc2n[nH]nc12. The molecule has 8 nitrogen and oxygen atoms in total. The van der Waals surface area contributed by atoms with E-state index < -0.39 is 10.0 Å². The van der Waals surface area contributed by atoms with Gasteiger partial charge in [0, 0.05) is 5.56 Å². The number of carbonyl (C=O) groups excluding carboxylic acids is 1. The highest BCUT2D eigenvalue weighted by Gasteiger charge is 2.22. The number of fused-ring (bicyclic) bond motifs is 1. The number of nitrogens with one attached hydrogen (secondary N) is 2. The minimum Gasteiger partial charge on any atom is -0.495 e. The summed E-state index contributed by atoms with van der Waals surface area (Å²) < 4.78 is 33.1. The molecule has 0 radical (unpaired) electrons. The maximum absolute atomic E-state index is 12.8. The van der Waals surface area contributed by atoms with Gasteiger partial charge in [-0.2, -0.15) is 15.4 Å². The lowest BCUT2D eigenvalue weighted by Crippen LogP contribution is -2.15. The summed E-state index contributed by atoms with van der Waals surface area (Å²) in [5.74, 6) is -0.104. The number of H-pyrrole nitrogens is 1. The molecule has 0 aliphatic carbocycles. The first-order chi connectivity index (χ1) is 11.4. The molecule has 0 aliphatic heterocycles. The second kappa shape index (κ2) is 5.93. The average molecular weight is 346 g/mol. The third kappa shape index (κ3) is 2.81. The van der Waals surface area contributed by atoms with E-state index in [4.69, 9.17) is 4.74 Å². The molecule has 0 saturated carbocycles. The number of benzene rings is 2. The molecule has 2 aromatic carbocycles. The molecule has 0 saturated heterocycles. The molecular weight excluding hydrogens is 332 g/mol. The van der Waals surface area contributed by atoms with Gasteiger partial charge in [-0.25, -0.2) is 8.42 Å². The summed E-state index contributed by atoms with van der Waals surface area (Å²) in [7, 11) is -2.63. The number of sulfonamides is 1. The number of ketones is 1. The van der Waals surface area contributed by atoms with Crippen LogP contribution in [0.2, 0.25) is 0 Å². The molecule has 24 heavy (non-hydrogen) atoms. The van der Waals surface area contributed by atoms with Gasteiger partial charge >= 0.3 is 0 Å². The quantitative estimate of drug-likeness (QED) is 0.683. The lowest BCUT2D eigenvalue weighted by molar-refractivity contribution is 0.101. The number of hydrogen-bond acceptors (Lipinski definition) is 6. The van der Waals surface area contributed by atoms with Crippen LogP contribution in [0.4, 0.5) is 5.69 Å². The van der Waals surface area contributed by atoms with Crippen LogP contribution in [0.1, 0.15) is 17.3 Å². The van der Waals surface area contributed by atoms with Crippen LogP contribution in [0.15, 0.2) is 41.3 Å². The van der Waals surface area contributed by atoms with Crippen LogP contribution in [0.3, 0.4) is 0 Å². The van der Waals surface area contributed by atoms with E-state index >= 15 is 0 Å². The van der Waals surface area contributed by atoms with Gasteiger partial charge in [-0.3, -0.25) is 9.52 Å².